The van der Waals surface area contributed by atoms with Crippen LogP contribution in [0.1, 0.15) is 29.0 Å². The van der Waals surface area contributed by atoms with E-state index in [0.29, 0.717) is 5.69 Å². The maximum Gasteiger partial charge on any atom is 0.274 e. The molecule has 1 saturated heterocycles. The third-order valence-corrected chi connectivity index (χ3v) is 4.18. The molecule has 0 atom stereocenters. The van der Waals surface area contributed by atoms with Gasteiger partial charge in [-0.1, -0.05) is 0 Å². The molecule has 0 radical (unpaired) electrons. The third-order valence-electron chi connectivity index (χ3n) is 3.42. The molecule has 2 aromatic rings. The van der Waals surface area contributed by atoms with Gasteiger partial charge in [-0.25, -0.2) is 4.98 Å². The molecule has 6 heteroatoms. The van der Waals surface area contributed by atoms with Crippen LogP contribution in [0.5, 0.6) is 0 Å². The van der Waals surface area contributed by atoms with E-state index in [2.05, 4.69) is 9.88 Å². The lowest BCUT2D eigenvalue weighted by molar-refractivity contribution is 0.0785. The monoisotopic (exact) mass is 278 g/mol. The molecule has 1 amide bonds. The standard InChI is InChI=1S/C13H18N4OS/c1-15(2)9-10-11(12(18)16-5-3-4-6-16)14-13-17(10)7-8-19-13/h7-8H,3-6,9H2,1-2H3. The quantitative estimate of drug-likeness (QED) is 0.858. The van der Waals surface area contributed by atoms with Gasteiger partial charge in [0.1, 0.15) is 0 Å². The Morgan fingerprint density at radius 3 is 2.84 bits per heavy atom. The minimum Gasteiger partial charge on any atom is -0.337 e. The molecular weight excluding hydrogens is 260 g/mol. The van der Waals surface area contributed by atoms with Crippen LogP contribution in [0.3, 0.4) is 0 Å². The number of rotatable bonds is 3. The van der Waals surface area contributed by atoms with Crippen LogP contribution in [0.2, 0.25) is 0 Å². The van der Waals surface area contributed by atoms with Crippen molar-refractivity contribution in [3.63, 3.8) is 0 Å². The van der Waals surface area contributed by atoms with Crippen LogP contribution in [0.4, 0.5) is 0 Å². The molecule has 0 N–H and O–H groups in total. The number of likely N-dealkylation sites (tertiary alicyclic amines) is 1. The number of amides is 1. The van der Waals surface area contributed by atoms with Crippen molar-refractivity contribution in [2.75, 3.05) is 27.2 Å². The van der Waals surface area contributed by atoms with Gasteiger partial charge in [0.15, 0.2) is 10.7 Å². The second-order valence-corrected chi connectivity index (χ2v) is 6.07. The van der Waals surface area contributed by atoms with Crippen molar-refractivity contribution < 1.29 is 4.79 Å². The van der Waals surface area contributed by atoms with Crippen LogP contribution in [0.25, 0.3) is 4.96 Å². The van der Waals surface area contributed by atoms with Gasteiger partial charge in [0.25, 0.3) is 5.91 Å². The van der Waals surface area contributed by atoms with Crippen LogP contribution >= 0.6 is 11.3 Å². The Morgan fingerprint density at radius 1 is 1.42 bits per heavy atom. The predicted octanol–water partition coefficient (Wildman–Crippen LogP) is 1.69. The van der Waals surface area contributed by atoms with Crippen molar-refractivity contribution in [2.24, 2.45) is 0 Å². The molecule has 0 bridgehead atoms. The first-order chi connectivity index (χ1) is 9.16. The fourth-order valence-corrected chi connectivity index (χ4v) is 3.26. The number of fused-ring (bicyclic) bond motifs is 1. The molecule has 0 saturated carbocycles. The zero-order valence-corrected chi connectivity index (χ0v) is 12.1. The van der Waals surface area contributed by atoms with E-state index in [-0.39, 0.29) is 5.91 Å². The fourth-order valence-electron chi connectivity index (χ4n) is 2.52. The molecule has 2 aromatic heterocycles. The fraction of sp³-hybridized carbons (Fsp3) is 0.538. The maximum atomic E-state index is 12.6. The highest BCUT2D eigenvalue weighted by atomic mass is 32.1. The van der Waals surface area contributed by atoms with Gasteiger partial charge in [0, 0.05) is 31.2 Å². The van der Waals surface area contributed by atoms with Crippen molar-refractivity contribution in [2.45, 2.75) is 19.4 Å². The zero-order valence-electron chi connectivity index (χ0n) is 11.3. The lowest BCUT2D eigenvalue weighted by atomic mass is 10.2. The summed E-state index contributed by atoms with van der Waals surface area (Å²) >= 11 is 1.57. The highest BCUT2D eigenvalue weighted by molar-refractivity contribution is 7.15. The molecule has 1 aliphatic rings. The number of carbonyl (C=O) groups excluding carboxylic acids is 1. The number of hydrogen-bond acceptors (Lipinski definition) is 4. The van der Waals surface area contributed by atoms with Gasteiger partial charge in [-0.3, -0.25) is 9.20 Å². The van der Waals surface area contributed by atoms with Gasteiger partial charge in [0.2, 0.25) is 0 Å². The van der Waals surface area contributed by atoms with Gasteiger partial charge >= 0.3 is 0 Å². The van der Waals surface area contributed by atoms with E-state index in [1.165, 1.54) is 0 Å². The van der Waals surface area contributed by atoms with Crippen molar-refractivity contribution in [3.8, 4) is 0 Å². The number of hydrogen-bond donors (Lipinski definition) is 0. The molecule has 0 spiro atoms. The Bertz CT molecular complexity index is 595. The molecule has 5 nitrogen and oxygen atoms in total. The minimum absolute atomic E-state index is 0.0882. The Hall–Kier alpha value is -1.40. The first kappa shape index (κ1) is 12.6. The van der Waals surface area contributed by atoms with Gasteiger partial charge in [-0.15, -0.1) is 11.3 Å². The minimum atomic E-state index is 0.0882. The van der Waals surface area contributed by atoms with E-state index in [4.69, 9.17) is 0 Å². The van der Waals surface area contributed by atoms with Gasteiger partial charge in [0.05, 0.1) is 5.69 Å². The molecule has 19 heavy (non-hydrogen) atoms. The van der Waals surface area contributed by atoms with Crippen molar-refractivity contribution in [3.05, 3.63) is 23.0 Å². The van der Waals surface area contributed by atoms with Crippen molar-refractivity contribution >= 4 is 22.2 Å². The summed E-state index contributed by atoms with van der Waals surface area (Å²) in [4.78, 5) is 22.0. The molecule has 0 unspecified atom stereocenters. The molecule has 0 aromatic carbocycles. The second kappa shape index (κ2) is 4.94. The number of aromatic nitrogens is 2. The molecular formula is C13H18N4OS. The maximum absolute atomic E-state index is 12.6. The SMILES string of the molecule is CN(C)Cc1c(C(=O)N2CCCC2)nc2sccn12. The predicted molar refractivity (Wildman–Crippen MR) is 75.6 cm³/mol. The summed E-state index contributed by atoms with van der Waals surface area (Å²) in [7, 11) is 4.02. The van der Waals surface area contributed by atoms with Gasteiger partial charge in [-0.05, 0) is 26.9 Å². The van der Waals surface area contributed by atoms with E-state index < -0.39 is 0 Å². The van der Waals surface area contributed by atoms with Gasteiger partial charge in [-0.2, -0.15) is 0 Å². The molecule has 3 heterocycles. The average molecular weight is 278 g/mol. The van der Waals surface area contributed by atoms with E-state index in [0.717, 1.165) is 43.1 Å². The van der Waals surface area contributed by atoms with E-state index >= 15 is 0 Å². The Labute approximate surface area is 116 Å². The summed E-state index contributed by atoms with van der Waals surface area (Å²) in [6, 6.07) is 0. The summed E-state index contributed by atoms with van der Waals surface area (Å²) in [5.41, 5.74) is 1.63. The number of nitrogens with zero attached hydrogens (tertiary/aromatic N) is 4. The molecule has 3 rings (SSSR count). The van der Waals surface area contributed by atoms with Crippen LogP contribution in [-0.2, 0) is 6.54 Å². The van der Waals surface area contributed by atoms with Crippen LogP contribution in [0, 0.1) is 0 Å². The van der Waals surface area contributed by atoms with E-state index in [9.17, 15) is 4.79 Å². The summed E-state index contributed by atoms with van der Waals surface area (Å²) in [5, 5.41) is 2.01. The van der Waals surface area contributed by atoms with Crippen molar-refractivity contribution in [1.82, 2.24) is 19.2 Å². The molecule has 102 valence electrons. The largest absolute Gasteiger partial charge is 0.337 e. The first-order valence-electron chi connectivity index (χ1n) is 6.55. The highest BCUT2D eigenvalue weighted by Crippen LogP contribution is 2.21. The van der Waals surface area contributed by atoms with Crippen LogP contribution in [0.15, 0.2) is 11.6 Å². The van der Waals surface area contributed by atoms with E-state index in [1.807, 2.05) is 35.0 Å². The number of thiazole rings is 1. The lowest BCUT2D eigenvalue weighted by Crippen LogP contribution is -2.29. The Morgan fingerprint density at radius 2 is 2.16 bits per heavy atom. The Kier molecular flexibility index (Phi) is 3.28. The van der Waals surface area contributed by atoms with Gasteiger partial charge < -0.3 is 9.80 Å². The normalized spacial score (nSPS) is 15.8. The smallest absolute Gasteiger partial charge is 0.274 e. The first-order valence-corrected chi connectivity index (χ1v) is 7.43. The van der Waals surface area contributed by atoms with Crippen LogP contribution in [-0.4, -0.2) is 52.3 Å². The molecule has 1 aliphatic heterocycles. The number of imidazole rings is 1. The number of carbonyl (C=O) groups is 1. The highest BCUT2D eigenvalue weighted by Gasteiger charge is 2.26. The lowest BCUT2D eigenvalue weighted by Gasteiger charge is -2.16. The summed E-state index contributed by atoms with van der Waals surface area (Å²) < 4.78 is 2.04. The van der Waals surface area contributed by atoms with Crippen LogP contribution < -0.4 is 0 Å². The summed E-state index contributed by atoms with van der Waals surface area (Å²) in [5.74, 6) is 0.0882. The van der Waals surface area contributed by atoms with Crippen molar-refractivity contribution in [1.29, 1.82) is 0 Å². The topological polar surface area (TPSA) is 40.9 Å². The molecule has 0 aliphatic carbocycles. The Balaban J connectivity index is 2.01. The summed E-state index contributed by atoms with van der Waals surface area (Å²) in [6.45, 7) is 2.46. The average Bonchev–Trinajstić information content (AvgIpc) is 3.04. The van der Waals surface area contributed by atoms with E-state index in [1.54, 1.807) is 11.3 Å². The summed E-state index contributed by atoms with van der Waals surface area (Å²) in [6.07, 6.45) is 4.21. The molecule has 1 fully saturated rings. The third kappa shape index (κ3) is 2.26. The zero-order chi connectivity index (χ0) is 13.4. The second-order valence-electron chi connectivity index (χ2n) is 5.20.